The maximum absolute atomic E-state index is 10.5. The minimum atomic E-state index is -0.434. The Hall–Kier alpha value is -1.73. The molecule has 0 spiro atoms. The molecule has 5 nitrogen and oxygen atoms in total. The Morgan fingerprint density at radius 2 is 2.11 bits per heavy atom. The van der Waals surface area contributed by atoms with Gasteiger partial charge in [0, 0.05) is 26.9 Å². The number of benzene rings is 1. The van der Waals surface area contributed by atoms with E-state index in [1.165, 1.54) is 12.1 Å². The fourth-order valence-electron chi connectivity index (χ4n) is 1.22. The summed E-state index contributed by atoms with van der Waals surface area (Å²) < 4.78 is 1.02. The van der Waals surface area contributed by atoms with Crippen molar-refractivity contribution in [3.8, 4) is 0 Å². The van der Waals surface area contributed by atoms with Crippen molar-refractivity contribution in [3.05, 3.63) is 55.2 Å². The minimum absolute atomic E-state index is 0.0618. The van der Waals surface area contributed by atoms with Gasteiger partial charge in [0.1, 0.15) is 0 Å². The van der Waals surface area contributed by atoms with Gasteiger partial charge in [-0.25, -0.2) is 0 Å². The van der Waals surface area contributed by atoms with E-state index >= 15 is 0 Å². The quantitative estimate of drug-likeness (QED) is 0.527. The minimum Gasteiger partial charge on any atom is -0.278 e. The van der Waals surface area contributed by atoms with Gasteiger partial charge in [-0.15, -0.1) is 11.3 Å². The molecule has 1 N–H and O–H groups in total. The van der Waals surface area contributed by atoms with E-state index in [1.807, 2.05) is 11.4 Å². The second-order valence-corrected chi connectivity index (χ2v) is 5.20. The summed E-state index contributed by atoms with van der Waals surface area (Å²) in [5.41, 5.74) is 3.57. The highest BCUT2D eigenvalue weighted by Gasteiger charge is 2.02. The van der Waals surface area contributed by atoms with Crippen molar-refractivity contribution >= 4 is 44.9 Å². The Morgan fingerprint density at radius 1 is 1.39 bits per heavy atom. The smallest absolute Gasteiger partial charge is 0.269 e. The molecule has 1 aromatic carbocycles. The molecule has 2 rings (SSSR count). The van der Waals surface area contributed by atoms with Crippen molar-refractivity contribution in [1.82, 2.24) is 0 Å². The number of anilines is 1. The van der Waals surface area contributed by atoms with Crippen LogP contribution < -0.4 is 5.43 Å². The van der Waals surface area contributed by atoms with Crippen molar-refractivity contribution in [2.24, 2.45) is 5.10 Å². The predicted octanol–water partition coefficient (Wildman–Crippen LogP) is 3.86. The Labute approximate surface area is 115 Å². The van der Waals surface area contributed by atoms with Crippen LogP contribution in [0.3, 0.4) is 0 Å². The predicted molar refractivity (Wildman–Crippen MR) is 76.3 cm³/mol. The number of hydrogen-bond donors (Lipinski definition) is 1. The van der Waals surface area contributed by atoms with E-state index in [2.05, 4.69) is 26.5 Å². The fourth-order valence-corrected chi connectivity index (χ4v) is 2.53. The molecule has 0 bridgehead atoms. The van der Waals surface area contributed by atoms with Crippen LogP contribution in [0.15, 0.2) is 45.3 Å². The third kappa shape index (κ3) is 3.38. The number of nitrogens with zero attached hydrogens (tertiary/aromatic N) is 2. The summed E-state index contributed by atoms with van der Waals surface area (Å²) in [7, 11) is 0. The molecule has 0 unspecified atom stereocenters. The summed E-state index contributed by atoms with van der Waals surface area (Å²) in [6, 6.07) is 8.03. The summed E-state index contributed by atoms with van der Waals surface area (Å²) in [6.45, 7) is 0. The van der Waals surface area contributed by atoms with Gasteiger partial charge < -0.3 is 0 Å². The molecular weight excluding hydrogens is 318 g/mol. The van der Waals surface area contributed by atoms with Crippen LogP contribution >= 0.6 is 27.3 Å². The lowest BCUT2D eigenvalue weighted by molar-refractivity contribution is -0.384. The third-order valence-electron chi connectivity index (χ3n) is 2.05. The first-order chi connectivity index (χ1) is 8.65. The number of nitro benzene ring substituents is 1. The molecule has 0 atom stereocenters. The van der Waals surface area contributed by atoms with Gasteiger partial charge in [0.2, 0.25) is 0 Å². The SMILES string of the molecule is O=[N+]([O-])c1ccc(N/N=C\c2cc(Br)cs2)cc1. The molecule has 0 aliphatic carbocycles. The molecule has 7 heteroatoms. The maximum Gasteiger partial charge on any atom is 0.269 e. The largest absolute Gasteiger partial charge is 0.278 e. The van der Waals surface area contributed by atoms with Gasteiger partial charge in [-0.3, -0.25) is 15.5 Å². The summed E-state index contributed by atoms with van der Waals surface area (Å²) in [5, 5.41) is 16.5. The van der Waals surface area contributed by atoms with Crippen LogP contribution in [0.4, 0.5) is 11.4 Å². The Balaban J connectivity index is 1.98. The van der Waals surface area contributed by atoms with E-state index in [-0.39, 0.29) is 5.69 Å². The standard InChI is InChI=1S/C11H8BrN3O2S/c12-8-5-11(18-7-8)6-13-14-9-1-3-10(4-2-9)15(16)17/h1-7,14H/b13-6-. The van der Waals surface area contributed by atoms with Crippen molar-refractivity contribution in [1.29, 1.82) is 0 Å². The van der Waals surface area contributed by atoms with Crippen LogP contribution in [-0.4, -0.2) is 11.1 Å². The van der Waals surface area contributed by atoms with E-state index < -0.39 is 4.92 Å². The number of halogens is 1. The van der Waals surface area contributed by atoms with Crippen LogP contribution in [0.2, 0.25) is 0 Å². The normalized spacial score (nSPS) is 10.7. The molecule has 92 valence electrons. The molecule has 0 saturated heterocycles. The first kappa shape index (κ1) is 12.7. The number of non-ortho nitro benzene ring substituents is 1. The van der Waals surface area contributed by atoms with Crippen molar-refractivity contribution in [3.63, 3.8) is 0 Å². The van der Waals surface area contributed by atoms with Gasteiger partial charge in [-0.05, 0) is 34.1 Å². The molecule has 0 aliphatic rings. The van der Waals surface area contributed by atoms with Crippen LogP contribution in [0.25, 0.3) is 0 Å². The second kappa shape index (κ2) is 5.74. The van der Waals surface area contributed by atoms with Gasteiger partial charge in [-0.1, -0.05) is 0 Å². The fraction of sp³-hybridized carbons (Fsp3) is 0. The van der Waals surface area contributed by atoms with Crippen LogP contribution in [-0.2, 0) is 0 Å². The summed E-state index contributed by atoms with van der Waals surface area (Å²) in [4.78, 5) is 11.0. The van der Waals surface area contributed by atoms with E-state index in [1.54, 1.807) is 29.7 Å². The van der Waals surface area contributed by atoms with Crippen molar-refractivity contribution < 1.29 is 4.92 Å². The number of nitrogens with one attached hydrogen (secondary N) is 1. The lowest BCUT2D eigenvalue weighted by Gasteiger charge is -1.98. The van der Waals surface area contributed by atoms with Crippen molar-refractivity contribution in [2.45, 2.75) is 0 Å². The molecule has 18 heavy (non-hydrogen) atoms. The van der Waals surface area contributed by atoms with Crippen molar-refractivity contribution in [2.75, 3.05) is 5.43 Å². The molecular formula is C11H8BrN3O2S. The zero-order valence-corrected chi connectivity index (χ0v) is 11.4. The Morgan fingerprint density at radius 3 is 2.67 bits per heavy atom. The second-order valence-electron chi connectivity index (χ2n) is 3.34. The Kier molecular flexibility index (Phi) is 4.06. The highest BCUT2D eigenvalue weighted by molar-refractivity contribution is 9.10. The average Bonchev–Trinajstić information content (AvgIpc) is 2.76. The molecule has 0 amide bonds. The van der Waals surface area contributed by atoms with E-state index in [0.29, 0.717) is 5.69 Å². The highest BCUT2D eigenvalue weighted by atomic mass is 79.9. The molecule has 0 saturated carbocycles. The first-order valence-electron chi connectivity index (χ1n) is 4.93. The zero-order chi connectivity index (χ0) is 13.0. The molecule has 0 radical (unpaired) electrons. The third-order valence-corrected chi connectivity index (χ3v) is 3.68. The number of nitro groups is 1. The van der Waals surface area contributed by atoms with Gasteiger partial charge in [-0.2, -0.15) is 5.10 Å². The number of hydrazone groups is 1. The molecule has 1 heterocycles. The lowest BCUT2D eigenvalue weighted by atomic mass is 10.3. The summed E-state index contributed by atoms with van der Waals surface area (Å²) in [5.74, 6) is 0. The number of hydrogen-bond acceptors (Lipinski definition) is 5. The maximum atomic E-state index is 10.5. The van der Waals surface area contributed by atoms with E-state index in [4.69, 9.17) is 0 Å². The lowest BCUT2D eigenvalue weighted by Crippen LogP contribution is -1.91. The van der Waals surface area contributed by atoms with Gasteiger partial charge in [0.25, 0.3) is 5.69 Å². The monoisotopic (exact) mass is 325 g/mol. The zero-order valence-electron chi connectivity index (χ0n) is 9.04. The van der Waals surface area contributed by atoms with Gasteiger partial charge in [0.05, 0.1) is 16.8 Å². The van der Waals surface area contributed by atoms with Crippen LogP contribution in [0.5, 0.6) is 0 Å². The molecule has 2 aromatic rings. The topological polar surface area (TPSA) is 67.5 Å². The first-order valence-corrected chi connectivity index (χ1v) is 6.60. The van der Waals surface area contributed by atoms with E-state index in [9.17, 15) is 10.1 Å². The van der Waals surface area contributed by atoms with Gasteiger partial charge in [0.15, 0.2) is 0 Å². The average molecular weight is 326 g/mol. The number of rotatable bonds is 4. The molecule has 0 fully saturated rings. The highest BCUT2D eigenvalue weighted by Crippen LogP contribution is 2.18. The number of thiophene rings is 1. The Bertz CT molecular complexity index is 580. The van der Waals surface area contributed by atoms with Gasteiger partial charge >= 0.3 is 0 Å². The van der Waals surface area contributed by atoms with Crippen LogP contribution in [0.1, 0.15) is 4.88 Å². The van der Waals surface area contributed by atoms with Crippen LogP contribution in [0, 0.1) is 10.1 Å². The molecule has 0 aliphatic heterocycles. The summed E-state index contributed by atoms with van der Waals surface area (Å²) >= 11 is 4.92. The summed E-state index contributed by atoms with van der Waals surface area (Å²) in [6.07, 6.45) is 1.69. The van der Waals surface area contributed by atoms with E-state index in [0.717, 1.165) is 9.35 Å². The molecule has 1 aromatic heterocycles.